The van der Waals surface area contributed by atoms with Crippen molar-refractivity contribution in [3.05, 3.63) is 179 Å². The first kappa shape index (κ1) is 61.4. The molecule has 434 valence electrons. The maximum absolute atomic E-state index is 14.3. The fraction of sp³-hybridized carbons (Fsp3) is 0.406. The molecule has 0 bridgehead atoms. The molecule has 5 aromatic carbocycles. The van der Waals surface area contributed by atoms with Gasteiger partial charge in [0.15, 0.2) is 0 Å². The molecule has 82 heavy (non-hydrogen) atoms. The number of hydrogen-bond acceptors (Lipinski definition) is 10. The number of nitrogens with one attached hydrogen (secondary N) is 8. The third-order valence-corrected chi connectivity index (χ3v) is 15.5. The van der Waals surface area contributed by atoms with Crippen molar-refractivity contribution < 1.29 is 38.4 Å². The van der Waals surface area contributed by atoms with Crippen LogP contribution in [-0.2, 0) is 28.8 Å². The average Bonchev–Trinajstić information content (AvgIpc) is 4.41. The second-order valence-electron chi connectivity index (χ2n) is 21.1. The van der Waals surface area contributed by atoms with Gasteiger partial charge in [-0.15, -0.1) is 0 Å². The van der Waals surface area contributed by atoms with Crippen LogP contribution in [0.5, 0.6) is 0 Å². The number of unbranched alkanes of at least 4 members (excludes halogenated alkanes) is 2. The van der Waals surface area contributed by atoms with Crippen molar-refractivity contribution in [3.8, 4) is 0 Å². The monoisotopic (exact) mass is 1120 g/mol. The first-order valence-corrected chi connectivity index (χ1v) is 28.8. The van der Waals surface area contributed by atoms with Gasteiger partial charge in [0.25, 0.3) is 11.8 Å². The summed E-state index contributed by atoms with van der Waals surface area (Å²) in [6.07, 6.45) is 4.69. The molecular weight excluding hydrogens is 1040 g/mol. The summed E-state index contributed by atoms with van der Waals surface area (Å²) in [5.41, 5.74) is 4.21. The number of hydrogen-bond donors (Lipinski definition) is 8. The molecule has 2 aliphatic heterocycles. The summed E-state index contributed by atoms with van der Waals surface area (Å²) in [5.74, 6) is -2.68. The fourth-order valence-electron chi connectivity index (χ4n) is 10.5. The molecule has 0 aliphatic carbocycles. The van der Waals surface area contributed by atoms with E-state index in [1.165, 1.54) is 6.07 Å². The molecule has 6 atom stereocenters. The van der Waals surface area contributed by atoms with Gasteiger partial charge in [-0.25, -0.2) is 0 Å². The van der Waals surface area contributed by atoms with Crippen LogP contribution in [0.15, 0.2) is 146 Å². The minimum Gasteiger partial charge on any atom is -0.352 e. The van der Waals surface area contributed by atoms with E-state index in [1.807, 2.05) is 121 Å². The topological polar surface area (TPSA) is 239 Å². The summed E-state index contributed by atoms with van der Waals surface area (Å²) >= 11 is 0. The lowest BCUT2D eigenvalue weighted by Crippen LogP contribution is -2.55. The summed E-state index contributed by atoms with van der Waals surface area (Å²) in [6, 6.07) is 39.8. The zero-order valence-corrected chi connectivity index (χ0v) is 47.5. The summed E-state index contributed by atoms with van der Waals surface area (Å²) in [6.45, 7) is 4.67. The smallest absolute Gasteiger partial charge is 0.251 e. The zero-order chi connectivity index (χ0) is 58.4. The molecule has 2 heterocycles. The molecular formula is C64H80N10O8. The van der Waals surface area contributed by atoms with Gasteiger partial charge in [-0.3, -0.25) is 38.4 Å². The number of amides is 8. The minimum absolute atomic E-state index is 0.262. The summed E-state index contributed by atoms with van der Waals surface area (Å²) in [4.78, 5) is 113. The highest BCUT2D eigenvalue weighted by Crippen LogP contribution is 2.28. The van der Waals surface area contributed by atoms with Crippen molar-refractivity contribution in [3.63, 3.8) is 0 Å². The molecule has 0 radical (unpaired) electrons. The normalized spacial score (nSPS) is 16.4. The van der Waals surface area contributed by atoms with E-state index >= 15 is 0 Å². The summed E-state index contributed by atoms with van der Waals surface area (Å²) < 4.78 is 0. The maximum atomic E-state index is 14.3. The molecule has 0 unspecified atom stereocenters. The van der Waals surface area contributed by atoms with Crippen LogP contribution in [0.2, 0.25) is 0 Å². The van der Waals surface area contributed by atoms with Gasteiger partial charge in [0.05, 0.1) is 24.2 Å². The molecule has 2 aliphatic rings. The fourth-order valence-corrected chi connectivity index (χ4v) is 10.5. The average molecular weight is 1120 g/mol. The standard InChI is InChI=1S/C64H80N10O8/c1-43(65-3)57(75)69-51(63(81)73-40-22-36-53(73)61(79)71-55(45-24-9-5-10-25-45)46-26-11-6-12-27-46)34-17-19-38-67-59(77)49-32-21-33-50(42-49)60(78)68-39-20-18-35-52(70-58(76)44(2)66-4)64(82)74-41-23-37-54(74)62(80)72-56(47-28-13-7-14-29-47)48-30-15-8-16-31-48/h5-16,21,24-33,42-44,51-56,65-66H,17-20,22-23,34-41H2,1-4H3,(H,67,77)(H,68,78)(H,69,75)(H,70,76)(H,71,79)(H,72,80)/t43-,44-,51-,52-,53-,54-/m0/s1. The van der Waals surface area contributed by atoms with Crippen molar-refractivity contribution >= 4 is 47.3 Å². The van der Waals surface area contributed by atoms with E-state index in [1.54, 1.807) is 55.9 Å². The molecule has 0 saturated carbocycles. The molecule has 8 N–H and O–H groups in total. The van der Waals surface area contributed by atoms with E-state index in [0.29, 0.717) is 64.5 Å². The van der Waals surface area contributed by atoms with Gasteiger partial charge in [-0.1, -0.05) is 127 Å². The molecule has 8 amide bonds. The van der Waals surface area contributed by atoms with E-state index in [2.05, 4.69) is 42.5 Å². The number of likely N-dealkylation sites (N-methyl/N-ethyl adjacent to an activating group) is 2. The van der Waals surface area contributed by atoms with Gasteiger partial charge in [-0.05, 0) is 133 Å². The Balaban J connectivity index is 0.885. The second kappa shape index (κ2) is 31.1. The van der Waals surface area contributed by atoms with Crippen LogP contribution in [-0.4, -0.2) is 134 Å². The predicted molar refractivity (Wildman–Crippen MR) is 315 cm³/mol. The number of carbonyl (C=O) groups is 8. The van der Waals surface area contributed by atoms with Crippen LogP contribution in [0.25, 0.3) is 0 Å². The Morgan fingerprint density at radius 1 is 0.451 bits per heavy atom. The third-order valence-electron chi connectivity index (χ3n) is 15.5. The van der Waals surface area contributed by atoms with Gasteiger partial charge < -0.3 is 52.3 Å². The van der Waals surface area contributed by atoms with Crippen LogP contribution in [0, 0.1) is 0 Å². The highest BCUT2D eigenvalue weighted by atomic mass is 16.2. The van der Waals surface area contributed by atoms with E-state index in [9.17, 15) is 38.4 Å². The Kier molecular flexibility index (Phi) is 23.3. The van der Waals surface area contributed by atoms with Crippen molar-refractivity contribution in [2.75, 3.05) is 40.3 Å². The van der Waals surface area contributed by atoms with E-state index in [-0.39, 0.29) is 84.3 Å². The molecule has 0 aromatic heterocycles. The van der Waals surface area contributed by atoms with Gasteiger partial charge in [-0.2, -0.15) is 0 Å². The SMILES string of the molecule is CN[C@@H](C)C(=O)N[C@@H](CCCCNC(=O)c1cccc(C(=O)NCCCC[C@H](NC(=O)[C@H](C)NC)C(=O)N2CCC[C@H]2C(=O)NC(c2ccccc2)c2ccccc2)c1)C(=O)N1CCC[C@H]1C(=O)NC(c1ccccc1)c1ccccc1. The molecule has 2 fully saturated rings. The van der Waals surface area contributed by atoms with Crippen molar-refractivity contribution in [2.45, 2.75) is 126 Å². The zero-order valence-electron chi connectivity index (χ0n) is 47.5. The predicted octanol–water partition coefficient (Wildman–Crippen LogP) is 5.47. The highest BCUT2D eigenvalue weighted by molar-refractivity contribution is 6.00. The second-order valence-corrected chi connectivity index (χ2v) is 21.1. The molecule has 2 saturated heterocycles. The third kappa shape index (κ3) is 16.9. The Morgan fingerprint density at radius 2 is 0.793 bits per heavy atom. The summed E-state index contributed by atoms with van der Waals surface area (Å²) in [7, 11) is 3.32. The lowest BCUT2D eigenvalue weighted by atomic mass is 9.98. The van der Waals surface area contributed by atoms with Gasteiger partial charge in [0.1, 0.15) is 24.2 Å². The Hall–Kier alpha value is -8.22. The Bertz CT molecular complexity index is 2640. The largest absolute Gasteiger partial charge is 0.352 e. The molecule has 18 heteroatoms. The molecule has 5 aromatic rings. The first-order chi connectivity index (χ1) is 39.8. The quantitative estimate of drug-likeness (QED) is 0.0294. The number of carbonyl (C=O) groups excluding carboxylic acids is 8. The number of benzene rings is 5. The van der Waals surface area contributed by atoms with Crippen LogP contribution >= 0.6 is 0 Å². The number of nitrogens with zero attached hydrogens (tertiary/aromatic N) is 2. The molecule has 0 spiro atoms. The molecule has 18 nitrogen and oxygen atoms in total. The maximum Gasteiger partial charge on any atom is 0.251 e. The van der Waals surface area contributed by atoms with Crippen LogP contribution < -0.4 is 42.5 Å². The first-order valence-electron chi connectivity index (χ1n) is 28.8. The number of likely N-dealkylation sites (tertiary alicyclic amines) is 2. The van der Waals surface area contributed by atoms with Crippen molar-refractivity contribution in [1.82, 2.24) is 52.3 Å². The highest BCUT2D eigenvalue weighted by Gasteiger charge is 2.40. The minimum atomic E-state index is -0.902. The van der Waals surface area contributed by atoms with E-state index < -0.39 is 48.3 Å². The van der Waals surface area contributed by atoms with Crippen LogP contribution in [0.3, 0.4) is 0 Å². The van der Waals surface area contributed by atoms with E-state index in [0.717, 1.165) is 22.3 Å². The van der Waals surface area contributed by atoms with Crippen molar-refractivity contribution in [1.29, 1.82) is 0 Å². The number of rotatable bonds is 28. The van der Waals surface area contributed by atoms with Gasteiger partial charge >= 0.3 is 0 Å². The lowest BCUT2D eigenvalue weighted by Gasteiger charge is -2.30. The van der Waals surface area contributed by atoms with Crippen LogP contribution in [0.4, 0.5) is 0 Å². The van der Waals surface area contributed by atoms with Gasteiger partial charge in [0, 0.05) is 37.3 Å². The lowest BCUT2D eigenvalue weighted by molar-refractivity contribution is -0.142. The Labute approximate surface area is 481 Å². The molecule has 7 rings (SSSR count). The van der Waals surface area contributed by atoms with E-state index in [4.69, 9.17) is 0 Å². The summed E-state index contributed by atoms with van der Waals surface area (Å²) in [5, 5.41) is 23.9. The van der Waals surface area contributed by atoms with Crippen molar-refractivity contribution in [2.24, 2.45) is 0 Å². The Morgan fingerprint density at radius 3 is 1.12 bits per heavy atom. The van der Waals surface area contributed by atoms with Crippen LogP contribution in [0.1, 0.15) is 133 Å². The van der Waals surface area contributed by atoms with Gasteiger partial charge in [0.2, 0.25) is 35.4 Å².